The number of unbranched alkanes of at least 4 members (excludes halogenated alkanes) is 4. The van der Waals surface area contributed by atoms with Crippen molar-refractivity contribution in [1.29, 1.82) is 0 Å². The third kappa shape index (κ3) is 8.87. The molecular formula is C21H38O4. The van der Waals surface area contributed by atoms with E-state index in [9.17, 15) is 15.0 Å². The van der Waals surface area contributed by atoms with Gasteiger partial charge in [0.25, 0.3) is 0 Å². The van der Waals surface area contributed by atoms with E-state index in [1.807, 2.05) is 0 Å². The van der Waals surface area contributed by atoms with Crippen LogP contribution in [0.2, 0.25) is 0 Å². The number of rotatable bonds is 13. The molecule has 1 rings (SSSR count). The zero-order valence-electron chi connectivity index (χ0n) is 16.1. The molecule has 0 heterocycles. The molecule has 2 unspecified atom stereocenters. The first kappa shape index (κ1) is 22.2. The average Bonchev–Trinajstić information content (AvgIpc) is 2.93. The summed E-state index contributed by atoms with van der Waals surface area (Å²) in [6.45, 7) is 4.30. The molecule has 1 aliphatic carbocycles. The van der Waals surface area contributed by atoms with Gasteiger partial charge < -0.3 is 15.3 Å². The van der Waals surface area contributed by atoms with Crippen LogP contribution in [0.1, 0.15) is 90.9 Å². The summed E-state index contributed by atoms with van der Waals surface area (Å²) in [5, 5.41) is 29.2. The summed E-state index contributed by atoms with van der Waals surface area (Å²) < 4.78 is 0. The van der Waals surface area contributed by atoms with Gasteiger partial charge in [0.15, 0.2) is 0 Å². The van der Waals surface area contributed by atoms with E-state index in [-0.39, 0.29) is 24.5 Å². The minimum absolute atomic E-state index is 0.234. The number of carbonyl (C=O) groups is 1. The Hall–Kier alpha value is -0.870. The summed E-state index contributed by atoms with van der Waals surface area (Å²) in [5.74, 6) is -0.156. The van der Waals surface area contributed by atoms with Crippen molar-refractivity contribution in [2.45, 2.75) is 103 Å². The van der Waals surface area contributed by atoms with Crippen LogP contribution in [0.4, 0.5) is 0 Å². The molecule has 3 N–H and O–H groups in total. The zero-order chi connectivity index (χ0) is 18.7. The maximum Gasteiger partial charge on any atom is 0.303 e. The fourth-order valence-electron chi connectivity index (χ4n) is 3.80. The van der Waals surface area contributed by atoms with Crippen molar-refractivity contribution in [2.75, 3.05) is 0 Å². The fraction of sp³-hybridized carbons (Fsp3) is 0.857. The summed E-state index contributed by atoms with van der Waals surface area (Å²) in [7, 11) is 0. The summed E-state index contributed by atoms with van der Waals surface area (Å²) in [6, 6.07) is 0. The zero-order valence-corrected chi connectivity index (χ0v) is 16.1. The largest absolute Gasteiger partial charge is 0.481 e. The maximum absolute atomic E-state index is 10.5. The quantitative estimate of drug-likeness (QED) is 0.331. The third-order valence-electron chi connectivity index (χ3n) is 5.62. The van der Waals surface area contributed by atoms with Crippen LogP contribution >= 0.6 is 0 Å². The molecule has 1 aliphatic rings. The summed E-state index contributed by atoms with van der Waals surface area (Å²) in [5.41, 5.74) is 1.32. The molecule has 0 saturated heterocycles. The van der Waals surface area contributed by atoms with Gasteiger partial charge in [0, 0.05) is 12.3 Å². The van der Waals surface area contributed by atoms with Crippen LogP contribution in [0.15, 0.2) is 11.6 Å². The molecule has 4 heteroatoms. The number of carboxylic acid groups (broad SMARTS) is 1. The van der Waals surface area contributed by atoms with Gasteiger partial charge >= 0.3 is 5.97 Å². The molecule has 4 atom stereocenters. The first-order valence-corrected chi connectivity index (χ1v) is 10.2. The number of carboxylic acids is 1. The van der Waals surface area contributed by atoms with Gasteiger partial charge in [-0.25, -0.2) is 0 Å². The normalized spacial score (nSPS) is 24.6. The molecule has 25 heavy (non-hydrogen) atoms. The van der Waals surface area contributed by atoms with Crippen LogP contribution in [-0.4, -0.2) is 33.5 Å². The number of hydrogen-bond donors (Lipinski definition) is 3. The first-order valence-electron chi connectivity index (χ1n) is 10.2. The molecule has 0 aromatic rings. The predicted octanol–water partition coefficient (Wildman–Crippen LogP) is 4.69. The van der Waals surface area contributed by atoms with Gasteiger partial charge in [0.1, 0.15) is 0 Å². The lowest BCUT2D eigenvalue weighted by atomic mass is 9.91. The SMILES string of the molecule is CCCCC(C)C(O)CC=C1CC[C@H](O)[C@@H]1CCCCCCC(=O)O. The second-order valence-electron chi connectivity index (χ2n) is 7.76. The van der Waals surface area contributed by atoms with Crippen LogP contribution in [0.25, 0.3) is 0 Å². The van der Waals surface area contributed by atoms with E-state index in [0.717, 1.165) is 57.8 Å². The molecule has 146 valence electrons. The lowest BCUT2D eigenvalue weighted by Crippen LogP contribution is -2.18. The van der Waals surface area contributed by atoms with Crippen molar-refractivity contribution < 1.29 is 20.1 Å². The Bertz CT molecular complexity index is 405. The lowest BCUT2D eigenvalue weighted by Gasteiger charge is -2.19. The number of hydrogen-bond acceptors (Lipinski definition) is 3. The second kappa shape index (κ2) is 12.5. The number of aliphatic hydroxyl groups excluding tert-OH is 2. The first-order chi connectivity index (χ1) is 12.0. The van der Waals surface area contributed by atoms with Crippen LogP contribution in [0.3, 0.4) is 0 Å². The van der Waals surface area contributed by atoms with Crippen LogP contribution in [0, 0.1) is 11.8 Å². The Labute approximate surface area is 153 Å². The molecule has 0 aromatic carbocycles. The Balaban J connectivity index is 2.35. The standard InChI is InChI=1S/C21H38O4/c1-3-4-9-16(2)19(22)14-12-17-13-15-20(23)18(17)10-7-5-6-8-11-21(24)25/h12,16,18-20,22-23H,3-11,13-15H2,1-2H3,(H,24,25)/t16?,18-,19?,20+/m1/s1. The van der Waals surface area contributed by atoms with Gasteiger partial charge in [-0.05, 0) is 44.4 Å². The van der Waals surface area contributed by atoms with Crippen LogP contribution in [0.5, 0.6) is 0 Å². The van der Waals surface area contributed by atoms with E-state index in [4.69, 9.17) is 5.11 Å². The van der Waals surface area contributed by atoms with E-state index in [1.165, 1.54) is 12.0 Å². The highest BCUT2D eigenvalue weighted by Gasteiger charge is 2.29. The summed E-state index contributed by atoms with van der Waals surface area (Å²) in [6.07, 6.45) is 12.5. The topological polar surface area (TPSA) is 77.8 Å². The minimum atomic E-state index is -0.719. The van der Waals surface area contributed by atoms with Gasteiger partial charge in [-0.3, -0.25) is 4.79 Å². The molecule has 4 nitrogen and oxygen atoms in total. The molecule has 0 spiro atoms. The van der Waals surface area contributed by atoms with Crippen molar-refractivity contribution >= 4 is 5.97 Å². The van der Waals surface area contributed by atoms with Gasteiger partial charge in [0.05, 0.1) is 12.2 Å². The highest BCUT2D eigenvalue weighted by Crippen LogP contribution is 2.36. The van der Waals surface area contributed by atoms with Crippen molar-refractivity contribution in [3.05, 3.63) is 11.6 Å². The fourth-order valence-corrected chi connectivity index (χ4v) is 3.80. The van der Waals surface area contributed by atoms with Crippen molar-refractivity contribution in [1.82, 2.24) is 0 Å². The van der Waals surface area contributed by atoms with Crippen LogP contribution < -0.4 is 0 Å². The maximum atomic E-state index is 10.5. The summed E-state index contributed by atoms with van der Waals surface area (Å²) in [4.78, 5) is 10.5. The minimum Gasteiger partial charge on any atom is -0.481 e. The molecule has 0 aromatic heterocycles. The monoisotopic (exact) mass is 354 g/mol. The molecule has 1 saturated carbocycles. The Morgan fingerprint density at radius 1 is 1.24 bits per heavy atom. The molecule has 0 aliphatic heterocycles. The smallest absolute Gasteiger partial charge is 0.303 e. The van der Waals surface area contributed by atoms with Crippen molar-refractivity contribution in [2.24, 2.45) is 11.8 Å². The van der Waals surface area contributed by atoms with E-state index in [1.54, 1.807) is 0 Å². The average molecular weight is 355 g/mol. The van der Waals surface area contributed by atoms with Crippen molar-refractivity contribution in [3.63, 3.8) is 0 Å². The highest BCUT2D eigenvalue weighted by atomic mass is 16.4. The molecule has 0 bridgehead atoms. The summed E-state index contributed by atoms with van der Waals surface area (Å²) >= 11 is 0. The van der Waals surface area contributed by atoms with E-state index in [0.29, 0.717) is 12.3 Å². The molecule has 0 amide bonds. The third-order valence-corrected chi connectivity index (χ3v) is 5.62. The Morgan fingerprint density at radius 2 is 1.96 bits per heavy atom. The molecular weight excluding hydrogens is 316 g/mol. The number of aliphatic hydroxyl groups is 2. The van der Waals surface area contributed by atoms with E-state index < -0.39 is 5.97 Å². The van der Waals surface area contributed by atoms with Gasteiger partial charge in [-0.15, -0.1) is 0 Å². The Kier molecular flexibility index (Phi) is 11.1. The van der Waals surface area contributed by atoms with Crippen LogP contribution in [-0.2, 0) is 4.79 Å². The van der Waals surface area contributed by atoms with Gasteiger partial charge in [-0.2, -0.15) is 0 Å². The van der Waals surface area contributed by atoms with E-state index >= 15 is 0 Å². The lowest BCUT2D eigenvalue weighted by molar-refractivity contribution is -0.137. The van der Waals surface area contributed by atoms with Gasteiger partial charge in [-0.1, -0.05) is 57.6 Å². The molecule has 1 fully saturated rings. The molecule has 0 radical (unpaired) electrons. The van der Waals surface area contributed by atoms with E-state index in [2.05, 4.69) is 19.9 Å². The Morgan fingerprint density at radius 3 is 2.64 bits per heavy atom. The second-order valence-corrected chi connectivity index (χ2v) is 7.76. The van der Waals surface area contributed by atoms with Crippen molar-refractivity contribution in [3.8, 4) is 0 Å². The highest BCUT2D eigenvalue weighted by molar-refractivity contribution is 5.66. The van der Waals surface area contributed by atoms with Gasteiger partial charge in [0.2, 0.25) is 0 Å². The number of aliphatic carboxylic acids is 1. The predicted molar refractivity (Wildman–Crippen MR) is 101 cm³/mol.